The number of amides is 2. The van der Waals surface area contributed by atoms with Gasteiger partial charge in [-0.3, -0.25) is 13.9 Å². The molecule has 0 saturated carbocycles. The first-order chi connectivity index (χ1) is 20.1. The average Bonchev–Trinajstić information content (AvgIpc) is 3.00. The van der Waals surface area contributed by atoms with Gasteiger partial charge in [0.1, 0.15) is 18.3 Å². The Hall–Kier alpha value is -3.50. The Labute approximate surface area is 254 Å². The number of sulfonamides is 1. The molecule has 8 nitrogen and oxygen atoms in total. The SMILES string of the molecule is CCOc1ccccc1N(CC(=O)N(CCc1ccccc1)[C@H](C)C(=O)N[C@@H](C)CC)S(=O)(=O)c1ccc(SC)cc1. The number of anilines is 1. The highest BCUT2D eigenvalue weighted by molar-refractivity contribution is 7.98. The van der Waals surface area contributed by atoms with Crippen LogP contribution < -0.4 is 14.4 Å². The van der Waals surface area contributed by atoms with Crippen molar-refractivity contribution in [2.75, 3.05) is 30.3 Å². The molecule has 0 bridgehead atoms. The number of hydrogen-bond donors (Lipinski definition) is 1. The third kappa shape index (κ3) is 8.51. The summed E-state index contributed by atoms with van der Waals surface area (Å²) in [6.07, 6.45) is 3.16. The van der Waals surface area contributed by atoms with Crippen molar-refractivity contribution in [3.63, 3.8) is 0 Å². The summed E-state index contributed by atoms with van der Waals surface area (Å²) in [5.74, 6) is -0.439. The molecule has 1 N–H and O–H groups in total. The lowest BCUT2D eigenvalue weighted by molar-refractivity contribution is -0.139. The second kappa shape index (κ2) is 15.7. The van der Waals surface area contributed by atoms with Crippen LogP contribution in [0, 0.1) is 0 Å². The van der Waals surface area contributed by atoms with Gasteiger partial charge in [-0.1, -0.05) is 49.4 Å². The van der Waals surface area contributed by atoms with E-state index in [0.717, 1.165) is 21.2 Å². The Kier molecular flexibility index (Phi) is 12.3. The van der Waals surface area contributed by atoms with Gasteiger partial charge in [-0.25, -0.2) is 8.42 Å². The number of carbonyl (C=O) groups is 2. The summed E-state index contributed by atoms with van der Waals surface area (Å²) < 4.78 is 35.1. The van der Waals surface area contributed by atoms with E-state index in [2.05, 4.69) is 5.32 Å². The number of hydrogen-bond acceptors (Lipinski definition) is 6. The molecule has 226 valence electrons. The normalized spacial score (nSPS) is 12.7. The first-order valence-electron chi connectivity index (χ1n) is 14.1. The zero-order valence-electron chi connectivity index (χ0n) is 24.9. The standard InChI is InChI=1S/C32H41N3O5S2/c1-6-24(3)33-32(37)25(4)34(22-21-26-13-9-8-10-14-26)31(36)23-35(29-15-11-12-16-30(29)40-7-2)42(38,39)28-19-17-27(41-5)18-20-28/h8-20,24-25H,6-7,21-23H2,1-5H3,(H,33,37)/t24-,25+/m0/s1. The molecule has 2 amide bonds. The second-order valence-electron chi connectivity index (χ2n) is 9.90. The van der Waals surface area contributed by atoms with E-state index in [0.29, 0.717) is 18.8 Å². The fourth-order valence-corrected chi connectivity index (χ4v) is 6.20. The number of nitrogens with zero attached hydrogens (tertiary/aromatic N) is 2. The largest absolute Gasteiger partial charge is 0.492 e. The van der Waals surface area contributed by atoms with E-state index >= 15 is 0 Å². The maximum atomic E-state index is 14.1. The number of ether oxygens (including phenoxy) is 1. The molecule has 0 unspecified atom stereocenters. The van der Waals surface area contributed by atoms with Gasteiger partial charge in [0.25, 0.3) is 10.0 Å². The van der Waals surface area contributed by atoms with Crippen molar-refractivity contribution in [3.8, 4) is 5.75 Å². The third-order valence-corrected chi connectivity index (χ3v) is 9.53. The van der Waals surface area contributed by atoms with Crippen LogP contribution in [0.5, 0.6) is 5.75 Å². The van der Waals surface area contributed by atoms with Gasteiger partial charge >= 0.3 is 0 Å². The summed E-state index contributed by atoms with van der Waals surface area (Å²) in [6.45, 7) is 7.41. The highest BCUT2D eigenvalue weighted by atomic mass is 32.2. The van der Waals surface area contributed by atoms with Crippen LogP contribution in [0.1, 0.15) is 39.7 Å². The monoisotopic (exact) mass is 611 g/mol. The van der Waals surface area contributed by atoms with Crippen LogP contribution in [-0.4, -0.2) is 63.2 Å². The van der Waals surface area contributed by atoms with Crippen molar-refractivity contribution in [1.82, 2.24) is 10.2 Å². The average molecular weight is 612 g/mol. The van der Waals surface area contributed by atoms with Crippen LogP contribution in [0.2, 0.25) is 0 Å². The van der Waals surface area contributed by atoms with Crippen molar-refractivity contribution in [3.05, 3.63) is 84.4 Å². The molecule has 0 aliphatic carbocycles. The van der Waals surface area contributed by atoms with E-state index in [1.165, 1.54) is 28.8 Å². The van der Waals surface area contributed by atoms with Crippen molar-refractivity contribution in [1.29, 1.82) is 0 Å². The molecule has 10 heteroatoms. The minimum Gasteiger partial charge on any atom is -0.492 e. The lowest BCUT2D eigenvalue weighted by Gasteiger charge is -2.33. The van der Waals surface area contributed by atoms with Gasteiger partial charge in [0.2, 0.25) is 11.8 Å². The molecule has 0 heterocycles. The minimum atomic E-state index is -4.19. The van der Waals surface area contributed by atoms with Gasteiger partial charge in [-0.2, -0.15) is 0 Å². The number of carbonyl (C=O) groups excluding carboxylic acids is 2. The quantitative estimate of drug-likeness (QED) is 0.232. The van der Waals surface area contributed by atoms with Crippen LogP contribution in [0.25, 0.3) is 0 Å². The summed E-state index contributed by atoms with van der Waals surface area (Å²) in [4.78, 5) is 29.7. The molecule has 0 aliphatic rings. The molecule has 42 heavy (non-hydrogen) atoms. The summed E-state index contributed by atoms with van der Waals surface area (Å²) in [5, 5.41) is 2.95. The smallest absolute Gasteiger partial charge is 0.264 e. The van der Waals surface area contributed by atoms with Crippen molar-refractivity contribution in [2.24, 2.45) is 0 Å². The van der Waals surface area contributed by atoms with Gasteiger partial charge in [0, 0.05) is 17.5 Å². The van der Waals surface area contributed by atoms with Crippen LogP contribution in [0.3, 0.4) is 0 Å². The van der Waals surface area contributed by atoms with Crippen LogP contribution >= 0.6 is 11.8 Å². The molecular weight excluding hydrogens is 571 g/mol. The van der Waals surface area contributed by atoms with E-state index in [-0.39, 0.29) is 29.1 Å². The summed E-state index contributed by atoms with van der Waals surface area (Å²) in [5.41, 5.74) is 1.26. The Balaban J connectivity index is 2.03. The molecule has 3 aromatic rings. The van der Waals surface area contributed by atoms with E-state index in [4.69, 9.17) is 4.74 Å². The van der Waals surface area contributed by atoms with Crippen LogP contribution in [0.15, 0.2) is 88.7 Å². The maximum Gasteiger partial charge on any atom is 0.264 e. The molecule has 3 aromatic carbocycles. The minimum absolute atomic E-state index is 0.0535. The highest BCUT2D eigenvalue weighted by Crippen LogP contribution is 2.33. The predicted molar refractivity (Wildman–Crippen MR) is 170 cm³/mol. The summed E-state index contributed by atoms with van der Waals surface area (Å²) >= 11 is 1.50. The number of benzene rings is 3. The first-order valence-corrected chi connectivity index (χ1v) is 16.8. The third-order valence-electron chi connectivity index (χ3n) is 7.01. The van der Waals surface area contributed by atoms with Crippen molar-refractivity contribution < 1.29 is 22.7 Å². The number of nitrogens with one attached hydrogen (secondary N) is 1. The molecular formula is C32H41N3O5S2. The zero-order valence-corrected chi connectivity index (χ0v) is 26.6. The van der Waals surface area contributed by atoms with Crippen LogP contribution in [0.4, 0.5) is 5.69 Å². The molecule has 0 saturated heterocycles. The molecule has 0 aromatic heterocycles. The Morgan fingerprint density at radius 2 is 1.57 bits per heavy atom. The molecule has 0 aliphatic heterocycles. The fraction of sp³-hybridized carbons (Fsp3) is 0.375. The summed E-state index contributed by atoms with van der Waals surface area (Å²) in [7, 11) is -4.19. The molecule has 2 atom stereocenters. The van der Waals surface area contributed by atoms with Crippen molar-refractivity contribution >= 4 is 39.3 Å². The first kappa shape index (κ1) is 33.0. The van der Waals surface area contributed by atoms with Gasteiger partial charge in [0.05, 0.1) is 17.2 Å². The molecule has 0 radical (unpaired) electrons. The highest BCUT2D eigenvalue weighted by Gasteiger charge is 2.33. The van der Waals surface area contributed by atoms with Crippen molar-refractivity contribution in [2.45, 2.75) is 62.4 Å². The Bertz CT molecular complexity index is 1420. The molecule has 0 spiro atoms. The predicted octanol–water partition coefficient (Wildman–Crippen LogP) is 5.38. The van der Waals surface area contributed by atoms with Crippen LogP contribution in [-0.2, 0) is 26.0 Å². The van der Waals surface area contributed by atoms with E-state index < -0.39 is 28.5 Å². The van der Waals surface area contributed by atoms with E-state index in [1.807, 2.05) is 57.4 Å². The molecule has 3 rings (SSSR count). The van der Waals surface area contributed by atoms with Gasteiger partial charge in [-0.15, -0.1) is 11.8 Å². The summed E-state index contributed by atoms with van der Waals surface area (Å²) in [6, 6.07) is 22.1. The topological polar surface area (TPSA) is 96.0 Å². The van der Waals surface area contributed by atoms with Gasteiger partial charge in [0.15, 0.2) is 0 Å². The lowest BCUT2D eigenvalue weighted by atomic mass is 10.1. The zero-order chi connectivity index (χ0) is 30.7. The Morgan fingerprint density at radius 3 is 2.19 bits per heavy atom. The molecule has 0 fully saturated rings. The van der Waals surface area contributed by atoms with E-state index in [9.17, 15) is 18.0 Å². The van der Waals surface area contributed by atoms with Gasteiger partial charge < -0.3 is 15.0 Å². The lowest BCUT2D eigenvalue weighted by Crippen LogP contribution is -2.53. The fourth-order valence-electron chi connectivity index (χ4n) is 4.36. The Morgan fingerprint density at radius 1 is 0.929 bits per heavy atom. The van der Waals surface area contributed by atoms with Gasteiger partial charge in [-0.05, 0) is 81.8 Å². The number of thioether (sulfide) groups is 1. The number of rotatable bonds is 15. The van der Waals surface area contributed by atoms with E-state index in [1.54, 1.807) is 43.3 Å². The number of para-hydroxylation sites is 2. The maximum absolute atomic E-state index is 14.1. The second-order valence-corrected chi connectivity index (χ2v) is 12.6.